The molecule has 2 aromatic carbocycles. The Balaban J connectivity index is 1.57. The lowest BCUT2D eigenvalue weighted by Crippen LogP contribution is -2.06. The molecule has 0 saturated carbocycles. The van der Waals surface area contributed by atoms with E-state index in [1.165, 1.54) is 18.0 Å². The fourth-order valence-corrected chi connectivity index (χ4v) is 4.60. The highest BCUT2D eigenvalue weighted by atomic mass is 32.1. The molecule has 0 unspecified atom stereocenters. The molecule has 0 saturated heterocycles. The van der Waals surface area contributed by atoms with E-state index in [1.807, 2.05) is 26.0 Å². The minimum absolute atomic E-state index is 0.208. The van der Waals surface area contributed by atoms with Crippen molar-refractivity contribution in [3.8, 4) is 17.0 Å². The number of aromatic nitrogens is 2. The van der Waals surface area contributed by atoms with Crippen molar-refractivity contribution < 1.29 is 9.15 Å². The van der Waals surface area contributed by atoms with Gasteiger partial charge in [0, 0.05) is 28.0 Å². The van der Waals surface area contributed by atoms with Crippen LogP contribution in [-0.4, -0.2) is 9.97 Å². The molecule has 3 aromatic heterocycles. The average Bonchev–Trinajstić information content (AvgIpc) is 3.20. The number of thiophene rings is 1. The van der Waals surface area contributed by atoms with Gasteiger partial charge in [0.25, 0.3) is 0 Å². The third-order valence-corrected chi connectivity index (χ3v) is 6.47. The highest BCUT2D eigenvalue weighted by molar-refractivity contribution is 7.17. The summed E-state index contributed by atoms with van der Waals surface area (Å²) >= 11 is 1.56. The summed E-state index contributed by atoms with van der Waals surface area (Å²) in [6.45, 7) is 6.23. The Morgan fingerprint density at radius 1 is 1.03 bits per heavy atom. The molecule has 3 heterocycles. The lowest BCUT2D eigenvalue weighted by atomic mass is 10.0. The Hall–Kier alpha value is -3.51. The first-order valence-corrected chi connectivity index (χ1v) is 10.8. The first-order chi connectivity index (χ1) is 15.0. The number of hydrogen-bond acceptors (Lipinski definition) is 6. The summed E-state index contributed by atoms with van der Waals surface area (Å²) < 4.78 is 11.6. The van der Waals surface area contributed by atoms with Crippen LogP contribution in [0.1, 0.15) is 22.3 Å². The van der Waals surface area contributed by atoms with E-state index in [0.717, 1.165) is 43.4 Å². The molecule has 0 bridgehead atoms. The highest BCUT2D eigenvalue weighted by Gasteiger charge is 2.16. The van der Waals surface area contributed by atoms with Gasteiger partial charge in [-0.05, 0) is 37.5 Å². The van der Waals surface area contributed by atoms with Crippen molar-refractivity contribution in [1.82, 2.24) is 9.97 Å². The van der Waals surface area contributed by atoms with Crippen LogP contribution < -0.4 is 10.4 Å². The Kier molecular flexibility index (Phi) is 4.79. The number of benzene rings is 2. The van der Waals surface area contributed by atoms with Crippen LogP contribution in [0, 0.1) is 20.8 Å². The molecule has 0 spiro atoms. The Morgan fingerprint density at radius 2 is 1.84 bits per heavy atom. The molecule has 5 nitrogen and oxygen atoms in total. The lowest BCUT2D eigenvalue weighted by Gasteiger charge is -2.11. The van der Waals surface area contributed by atoms with Gasteiger partial charge in [0.1, 0.15) is 23.3 Å². The van der Waals surface area contributed by atoms with Gasteiger partial charge in [0.2, 0.25) is 5.88 Å². The van der Waals surface area contributed by atoms with E-state index in [9.17, 15) is 4.79 Å². The minimum Gasteiger partial charge on any atom is -0.472 e. The summed E-state index contributed by atoms with van der Waals surface area (Å²) in [4.78, 5) is 21.8. The summed E-state index contributed by atoms with van der Waals surface area (Å²) in [5, 5.41) is 3.84. The van der Waals surface area contributed by atoms with Crippen LogP contribution in [0.25, 0.3) is 32.3 Å². The van der Waals surface area contributed by atoms with E-state index in [0.29, 0.717) is 11.5 Å². The number of ether oxygens (including phenoxy) is 1. The van der Waals surface area contributed by atoms with Gasteiger partial charge in [0.15, 0.2) is 0 Å². The second-order valence-corrected chi connectivity index (χ2v) is 8.50. The van der Waals surface area contributed by atoms with E-state index in [1.54, 1.807) is 11.3 Å². The van der Waals surface area contributed by atoms with Gasteiger partial charge in [-0.25, -0.2) is 14.8 Å². The maximum absolute atomic E-state index is 12.2. The molecular weight excluding hydrogens is 408 g/mol. The normalized spacial score (nSPS) is 11.3. The van der Waals surface area contributed by atoms with Gasteiger partial charge < -0.3 is 9.15 Å². The molecule has 6 heteroatoms. The molecule has 0 fully saturated rings. The van der Waals surface area contributed by atoms with E-state index >= 15 is 0 Å². The first-order valence-electron chi connectivity index (χ1n) is 9.96. The van der Waals surface area contributed by atoms with Crippen LogP contribution >= 0.6 is 11.3 Å². The second kappa shape index (κ2) is 7.63. The summed E-state index contributed by atoms with van der Waals surface area (Å²) in [6, 6.07) is 13.8. The maximum Gasteiger partial charge on any atom is 0.336 e. The van der Waals surface area contributed by atoms with Gasteiger partial charge in [-0.2, -0.15) is 0 Å². The highest BCUT2D eigenvalue weighted by Crippen LogP contribution is 2.38. The molecule has 5 aromatic rings. The van der Waals surface area contributed by atoms with Gasteiger partial charge in [-0.3, -0.25) is 0 Å². The van der Waals surface area contributed by atoms with Crippen LogP contribution in [0.4, 0.5) is 0 Å². The second-order valence-electron chi connectivity index (χ2n) is 7.64. The lowest BCUT2D eigenvalue weighted by molar-refractivity contribution is 0.298. The smallest absolute Gasteiger partial charge is 0.336 e. The van der Waals surface area contributed by atoms with Gasteiger partial charge in [-0.1, -0.05) is 42.0 Å². The zero-order valence-corrected chi connectivity index (χ0v) is 18.2. The van der Waals surface area contributed by atoms with E-state index in [-0.39, 0.29) is 12.2 Å². The molecule has 0 aliphatic heterocycles. The zero-order chi connectivity index (χ0) is 21.5. The van der Waals surface area contributed by atoms with Gasteiger partial charge in [0.05, 0.1) is 5.39 Å². The molecular formula is C25H20N2O3S. The molecule has 0 radical (unpaired) electrons. The fourth-order valence-electron chi connectivity index (χ4n) is 3.69. The third kappa shape index (κ3) is 3.49. The van der Waals surface area contributed by atoms with Gasteiger partial charge in [-0.15, -0.1) is 11.3 Å². The van der Waals surface area contributed by atoms with E-state index < -0.39 is 0 Å². The molecule has 0 aliphatic rings. The zero-order valence-electron chi connectivity index (χ0n) is 17.4. The first kappa shape index (κ1) is 19.5. The van der Waals surface area contributed by atoms with Crippen LogP contribution in [0.3, 0.4) is 0 Å². The SMILES string of the molecule is Cc1ccc(-c2csc3ncnc(OCc4cc(=O)oc5c(C)c(C)ccc45)c23)cc1. The van der Waals surface area contributed by atoms with Crippen molar-refractivity contribution in [2.24, 2.45) is 0 Å². The standard InChI is InChI=1S/C25H20N2O3S/c1-14-4-7-17(8-5-14)20-12-31-25-22(20)24(26-13-27-25)29-11-18-10-21(28)30-23-16(3)15(2)6-9-19(18)23/h4-10,12-13H,11H2,1-3H3. The minimum atomic E-state index is -0.386. The number of fused-ring (bicyclic) bond motifs is 2. The molecule has 0 N–H and O–H groups in total. The van der Waals surface area contributed by atoms with E-state index in [4.69, 9.17) is 9.15 Å². The number of aryl methyl sites for hydroxylation is 3. The largest absolute Gasteiger partial charge is 0.472 e. The van der Waals surface area contributed by atoms with Crippen molar-refractivity contribution in [2.45, 2.75) is 27.4 Å². The van der Waals surface area contributed by atoms with Crippen LogP contribution in [0.15, 0.2) is 63.4 Å². The number of hydrogen-bond donors (Lipinski definition) is 0. The summed E-state index contributed by atoms with van der Waals surface area (Å²) in [7, 11) is 0. The topological polar surface area (TPSA) is 65.2 Å². The predicted octanol–water partition coefficient (Wildman–Crippen LogP) is 5.97. The maximum atomic E-state index is 12.2. The Labute approximate surface area is 183 Å². The van der Waals surface area contributed by atoms with Gasteiger partial charge >= 0.3 is 5.63 Å². The van der Waals surface area contributed by atoms with Crippen LogP contribution in [0.5, 0.6) is 5.88 Å². The predicted molar refractivity (Wildman–Crippen MR) is 124 cm³/mol. The molecule has 0 amide bonds. The van der Waals surface area contributed by atoms with Crippen LogP contribution in [0.2, 0.25) is 0 Å². The quantitative estimate of drug-likeness (QED) is 0.330. The van der Waals surface area contributed by atoms with Crippen molar-refractivity contribution in [3.63, 3.8) is 0 Å². The number of nitrogens with zero attached hydrogens (tertiary/aromatic N) is 2. The van der Waals surface area contributed by atoms with E-state index in [2.05, 4.69) is 46.5 Å². The summed E-state index contributed by atoms with van der Waals surface area (Å²) in [6.07, 6.45) is 1.51. The van der Waals surface area contributed by atoms with Crippen molar-refractivity contribution in [1.29, 1.82) is 0 Å². The fraction of sp³-hybridized carbons (Fsp3) is 0.160. The molecule has 0 aliphatic carbocycles. The molecule has 154 valence electrons. The summed E-state index contributed by atoms with van der Waals surface area (Å²) in [5.74, 6) is 0.507. The average molecular weight is 429 g/mol. The van der Waals surface area contributed by atoms with Crippen molar-refractivity contribution in [3.05, 3.63) is 86.8 Å². The molecule has 31 heavy (non-hydrogen) atoms. The Bertz CT molecular complexity index is 1480. The molecule has 5 rings (SSSR count). The van der Waals surface area contributed by atoms with Crippen LogP contribution in [-0.2, 0) is 6.61 Å². The van der Waals surface area contributed by atoms with Crippen molar-refractivity contribution in [2.75, 3.05) is 0 Å². The number of rotatable bonds is 4. The third-order valence-electron chi connectivity index (χ3n) is 5.58. The monoisotopic (exact) mass is 428 g/mol. The van der Waals surface area contributed by atoms with Crippen molar-refractivity contribution >= 4 is 32.5 Å². The molecule has 0 atom stereocenters. The Morgan fingerprint density at radius 3 is 2.65 bits per heavy atom. The summed E-state index contributed by atoms with van der Waals surface area (Å²) in [5.41, 5.74) is 6.36.